The van der Waals surface area contributed by atoms with E-state index in [1.54, 1.807) is 13.8 Å². The van der Waals surface area contributed by atoms with E-state index in [1.807, 2.05) is 0 Å². The van der Waals surface area contributed by atoms with Gasteiger partial charge in [0.2, 0.25) is 6.16 Å². The van der Waals surface area contributed by atoms with Crippen molar-refractivity contribution in [1.82, 2.24) is 4.98 Å². The number of hydrogen-bond donors (Lipinski definition) is 2. The zero-order valence-corrected chi connectivity index (χ0v) is 21.5. The maximum atomic E-state index is 14.6. The van der Waals surface area contributed by atoms with Gasteiger partial charge in [-0.05, 0) is 34.2 Å². The van der Waals surface area contributed by atoms with Gasteiger partial charge >= 0.3 is 14.0 Å². The Bertz CT molecular complexity index is 1440. The number of hydrogen-bond acceptors (Lipinski definition) is 5. The molecule has 39 heavy (non-hydrogen) atoms. The second-order valence-electron chi connectivity index (χ2n) is 8.66. The molecule has 12 heteroatoms. The lowest BCUT2D eigenvalue weighted by Crippen LogP contribution is -2.15. The fourth-order valence-corrected chi connectivity index (χ4v) is 4.40. The summed E-state index contributed by atoms with van der Waals surface area (Å²) in [4.78, 5) is 14.9. The number of carboxylic acids is 1. The maximum absolute atomic E-state index is 14.6. The monoisotopic (exact) mass is 566 g/mol. The summed E-state index contributed by atoms with van der Waals surface area (Å²) in [6, 6.07) is 6.29. The summed E-state index contributed by atoms with van der Waals surface area (Å²) in [5, 5.41) is 18.3. The van der Waals surface area contributed by atoms with E-state index in [0.29, 0.717) is 5.56 Å². The van der Waals surface area contributed by atoms with Crippen molar-refractivity contribution in [1.29, 1.82) is 0 Å². The zero-order valence-electron chi connectivity index (χ0n) is 20.6. The molecule has 0 fully saturated rings. The molecule has 1 aromatic heterocycles. The molecule has 2 atom stereocenters. The predicted molar refractivity (Wildman–Crippen MR) is 133 cm³/mol. The number of nitrogens with zero attached hydrogens (tertiary/aromatic N) is 1. The van der Waals surface area contributed by atoms with Gasteiger partial charge in [0.25, 0.3) is 0 Å². The summed E-state index contributed by atoms with van der Waals surface area (Å²) in [7, 11) is -2.43. The summed E-state index contributed by atoms with van der Waals surface area (Å²) in [5.74, 6) is -3.31. The lowest BCUT2D eigenvalue weighted by molar-refractivity contribution is -0.138. The smallest absolute Gasteiger partial charge is 0.481 e. The van der Waals surface area contributed by atoms with Gasteiger partial charge < -0.3 is 10.2 Å². The quantitative estimate of drug-likeness (QED) is 0.139. The Morgan fingerprint density at radius 2 is 1.67 bits per heavy atom. The highest BCUT2D eigenvalue weighted by Gasteiger charge is 2.26. The molecule has 0 saturated carbocycles. The molecule has 0 radical (unpaired) electrons. The van der Waals surface area contributed by atoms with E-state index in [9.17, 15) is 36.4 Å². The standard InChI is InChI=1S/C27H21F5NO5P/c1-14(2)27-18(4-3-9-38-39(37)13-17(34)10-23(35)36)19(15-5-7-16(28)8-6-15)11-22(33-27)24-25(31)20(29)12-21(30)26(24)32/h5-8,11-12,14,17,34H,9-10,13H2,1-2H3/p+1/t17-/m0/s1. The van der Waals surface area contributed by atoms with Crippen LogP contribution in [-0.2, 0) is 13.9 Å². The number of rotatable bonds is 9. The molecule has 1 heterocycles. The molecule has 0 aliphatic carbocycles. The second-order valence-corrected chi connectivity index (χ2v) is 9.95. The highest BCUT2D eigenvalue weighted by molar-refractivity contribution is 7.39. The van der Waals surface area contributed by atoms with Crippen molar-refractivity contribution in [3.8, 4) is 34.2 Å². The molecule has 0 aliphatic rings. The molecule has 1 unspecified atom stereocenters. The van der Waals surface area contributed by atoms with E-state index in [2.05, 4.69) is 16.8 Å². The number of aliphatic carboxylic acids is 1. The summed E-state index contributed by atoms with van der Waals surface area (Å²) in [5.41, 5.74) is -0.415. The van der Waals surface area contributed by atoms with Gasteiger partial charge in [-0.25, -0.2) is 22.0 Å². The Balaban J connectivity index is 2.09. The van der Waals surface area contributed by atoms with Crippen molar-refractivity contribution in [3.63, 3.8) is 0 Å². The molecular weight excluding hydrogens is 544 g/mol. The molecule has 2 N–H and O–H groups in total. The normalized spacial score (nSPS) is 12.2. The number of benzene rings is 2. The lowest BCUT2D eigenvalue weighted by atomic mass is 9.92. The third kappa shape index (κ3) is 7.45. The van der Waals surface area contributed by atoms with Crippen molar-refractivity contribution >= 4 is 14.0 Å². The van der Waals surface area contributed by atoms with Crippen LogP contribution in [0.3, 0.4) is 0 Å². The molecular formula is C27H22F5NO5P+. The van der Waals surface area contributed by atoms with Gasteiger partial charge in [0.05, 0.1) is 28.9 Å². The third-order valence-electron chi connectivity index (χ3n) is 5.38. The van der Waals surface area contributed by atoms with Crippen LogP contribution in [0.1, 0.15) is 37.4 Å². The first kappa shape index (κ1) is 29.8. The van der Waals surface area contributed by atoms with Gasteiger partial charge in [-0.3, -0.25) is 9.78 Å². The number of carboxylic acid groups (broad SMARTS) is 1. The number of aliphatic hydroxyl groups is 1. The number of aromatic nitrogens is 1. The molecule has 0 amide bonds. The van der Waals surface area contributed by atoms with Gasteiger partial charge in [0.1, 0.15) is 11.9 Å². The van der Waals surface area contributed by atoms with Crippen LogP contribution < -0.4 is 0 Å². The SMILES string of the molecule is CC(C)c1nc(-c2c(F)c(F)cc(F)c2F)cc(-c2ccc(F)cc2)c1C#CCO[P+](=O)C[C@@H](O)CC(=O)O. The average Bonchev–Trinajstić information content (AvgIpc) is 2.85. The molecule has 2 aromatic carbocycles. The average molecular weight is 566 g/mol. The summed E-state index contributed by atoms with van der Waals surface area (Å²) < 4.78 is 87.9. The maximum Gasteiger partial charge on any atom is 0.511 e. The number of halogens is 5. The first-order valence-electron chi connectivity index (χ1n) is 11.5. The van der Waals surface area contributed by atoms with E-state index in [0.717, 1.165) is 12.1 Å². The van der Waals surface area contributed by atoms with Gasteiger partial charge in [0, 0.05) is 11.6 Å². The fraction of sp³-hybridized carbons (Fsp3) is 0.259. The van der Waals surface area contributed by atoms with E-state index < -0.39 is 85.6 Å². The van der Waals surface area contributed by atoms with Gasteiger partial charge in [-0.1, -0.05) is 37.8 Å². The Hall–Kier alpha value is -3.71. The lowest BCUT2D eigenvalue weighted by Gasteiger charge is -2.16. The van der Waals surface area contributed by atoms with Crippen LogP contribution in [0, 0.1) is 40.9 Å². The highest BCUT2D eigenvalue weighted by Crippen LogP contribution is 2.36. The second kappa shape index (κ2) is 12.9. The Morgan fingerprint density at radius 3 is 2.23 bits per heavy atom. The minimum Gasteiger partial charge on any atom is -0.481 e. The molecule has 204 valence electrons. The topological polar surface area (TPSA) is 96.7 Å². The highest BCUT2D eigenvalue weighted by atomic mass is 31.1. The van der Waals surface area contributed by atoms with Crippen molar-refractivity contribution in [2.45, 2.75) is 32.3 Å². The van der Waals surface area contributed by atoms with E-state index >= 15 is 0 Å². The summed E-state index contributed by atoms with van der Waals surface area (Å²) in [6.07, 6.45) is -2.40. The minimum atomic E-state index is -2.43. The van der Waals surface area contributed by atoms with Crippen LogP contribution in [0.4, 0.5) is 22.0 Å². The largest absolute Gasteiger partial charge is 0.511 e. The van der Waals surface area contributed by atoms with Crippen molar-refractivity contribution in [2.24, 2.45) is 0 Å². The van der Waals surface area contributed by atoms with Gasteiger partial charge in [-0.15, -0.1) is 4.52 Å². The number of carbonyl (C=O) groups is 1. The molecule has 0 saturated heterocycles. The predicted octanol–water partition coefficient (Wildman–Crippen LogP) is 6.18. The third-order valence-corrected chi connectivity index (χ3v) is 6.52. The van der Waals surface area contributed by atoms with Crippen molar-refractivity contribution in [3.05, 3.63) is 76.7 Å². The van der Waals surface area contributed by atoms with Crippen LogP contribution in [0.25, 0.3) is 22.4 Å². The van der Waals surface area contributed by atoms with Gasteiger partial charge in [0.15, 0.2) is 29.9 Å². The van der Waals surface area contributed by atoms with Crippen molar-refractivity contribution < 1.29 is 46.0 Å². The molecule has 0 spiro atoms. The van der Waals surface area contributed by atoms with Crippen LogP contribution in [0.15, 0.2) is 36.4 Å². The first-order chi connectivity index (χ1) is 18.4. The Morgan fingerprint density at radius 1 is 1.05 bits per heavy atom. The fourth-order valence-electron chi connectivity index (χ4n) is 3.62. The Kier molecular flexibility index (Phi) is 9.86. The van der Waals surface area contributed by atoms with Crippen molar-refractivity contribution in [2.75, 3.05) is 12.8 Å². The molecule has 3 aromatic rings. The van der Waals surface area contributed by atoms with Gasteiger partial charge in [-0.2, -0.15) is 0 Å². The number of pyridine rings is 1. The van der Waals surface area contributed by atoms with E-state index in [1.165, 1.54) is 18.2 Å². The minimum absolute atomic E-state index is 0.0871. The van der Waals surface area contributed by atoms with Crippen LogP contribution >= 0.6 is 8.03 Å². The van der Waals surface area contributed by atoms with Crippen LogP contribution in [0.2, 0.25) is 0 Å². The summed E-state index contributed by atoms with van der Waals surface area (Å²) >= 11 is 0. The molecule has 3 rings (SSSR count). The van der Waals surface area contributed by atoms with Crippen LogP contribution in [0.5, 0.6) is 0 Å². The molecule has 6 nitrogen and oxygen atoms in total. The van der Waals surface area contributed by atoms with E-state index in [4.69, 9.17) is 9.63 Å². The van der Waals surface area contributed by atoms with Crippen LogP contribution in [-0.4, -0.2) is 40.0 Å². The zero-order chi connectivity index (χ0) is 28.9. The van der Waals surface area contributed by atoms with E-state index in [-0.39, 0.29) is 22.9 Å². The Labute approximate surface area is 221 Å². The molecule has 0 bridgehead atoms. The molecule has 0 aliphatic heterocycles. The number of aliphatic hydroxyl groups excluding tert-OH is 1. The summed E-state index contributed by atoms with van der Waals surface area (Å²) in [6.45, 7) is 3.00. The first-order valence-corrected chi connectivity index (χ1v) is 12.9.